The van der Waals surface area contributed by atoms with Crippen molar-refractivity contribution in [2.45, 2.75) is 6.42 Å². The van der Waals surface area contributed by atoms with Crippen LogP contribution in [0.15, 0.2) is 65.7 Å². The molecule has 0 spiro atoms. The topological polar surface area (TPSA) is 56.7 Å². The van der Waals surface area contributed by atoms with Crippen molar-refractivity contribution in [2.75, 3.05) is 32.0 Å². The Balaban J connectivity index is 0.00000280. The molecule has 148 valence electrons. The number of nitrogens with one attached hydrogen (secondary N) is 2. The standard InChI is InChI=1S/C21H23FN4O.HI/c1-23-21(24-15-20(27)25-19-9-7-18(22)8-10-19)26-13-11-17(12-14-26)16-5-3-2-4-6-16;/h2-11H,12-15H2,1H3,(H,23,24)(H,25,27);1H. The fourth-order valence-electron chi connectivity index (χ4n) is 3.01. The number of nitrogens with zero attached hydrogens (tertiary/aromatic N) is 2. The third-order valence-corrected chi connectivity index (χ3v) is 4.40. The minimum Gasteiger partial charge on any atom is -0.347 e. The maximum absolute atomic E-state index is 12.9. The second-order valence-electron chi connectivity index (χ2n) is 6.25. The summed E-state index contributed by atoms with van der Waals surface area (Å²) in [6.45, 7) is 1.67. The Morgan fingerprint density at radius 1 is 1.14 bits per heavy atom. The molecule has 0 bridgehead atoms. The summed E-state index contributed by atoms with van der Waals surface area (Å²) in [6.07, 6.45) is 3.12. The van der Waals surface area contributed by atoms with Gasteiger partial charge >= 0.3 is 0 Å². The van der Waals surface area contributed by atoms with Gasteiger partial charge in [-0.15, -0.1) is 24.0 Å². The summed E-state index contributed by atoms with van der Waals surface area (Å²) in [5.74, 6) is 0.146. The van der Waals surface area contributed by atoms with Gasteiger partial charge in [0.15, 0.2) is 5.96 Å². The molecule has 0 saturated heterocycles. The Hall–Kier alpha value is -2.42. The molecule has 0 aromatic heterocycles. The molecule has 5 nitrogen and oxygen atoms in total. The summed E-state index contributed by atoms with van der Waals surface area (Å²) in [5.41, 5.74) is 3.14. The number of hydrogen-bond donors (Lipinski definition) is 2. The van der Waals surface area contributed by atoms with E-state index in [1.807, 2.05) is 18.2 Å². The van der Waals surface area contributed by atoms with Gasteiger partial charge in [0.2, 0.25) is 5.91 Å². The Labute approximate surface area is 181 Å². The van der Waals surface area contributed by atoms with E-state index in [9.17, 15) is 9.18 Å². The third kappa shape index (κ3) is 6.05. The monoisotopic (exact) mass is 494 g/mol. The van der Waals surface area contributed by atoms with Crippen LogP contribution in [0.4, 0.5) is 10.1 Å². The number of benzene rings is 2. The summed E-state index contributed by atoms with van der Waals surface area (Å²) in [7, 11) is 1.70. The third-order valence-electron chi connectivity index (χ3n) is 4.40. The zero-order chi connectivity index (χ0) is 19.1. The van der Waals surface area contributed by atoms with Gasteiger partial charge in [0.25, 0.3) is 0 Å². The first-order valence-corrected chi connectivity index (χ1v) is 8.91. The molecule has 7 heteroatoms. The number of guanidine groups is 1. The lowest BCUT2D eigenvalue weighted by atomic mass is 10.00. The number of halogens is 2. The van der Waals surface area contributed by atoms with E-state index in [-0.39, 0.29) is 42.2 Å². The lowest BCUT2D eigenvalue weighted by Gasteiger charge is -2.29. The van der Waals surface area contributed by atoms with Crippen LogP contribution in [0.25, 0.3) is 5.57 Å². The largest absolute Gasteiger partial charge is 0.347 e. The van der Waals surface area contributed by atoms with Gasteiger partial charge in [-0.1, -0.05) is 36.4 Å². The van der Waals surface area contributed by atoms with Crippen LogP contribution < -0.4 is 10.6 Å². The molecule has 2 N–H and O–H groups in total. The van der Waals surface area contributed by atoms with Crippen LogP contribution in [0.3, 0.4) is 0 Å². The van der Waals surface area contributed by atoms with Crippen molar-refractivity contribution >= 4 is 47.1 Å². The number of hydrogen-bond acceptors (Lipinski definition) is 2. The molecule has 0 unspecified atom stereocenters. The second-order valence-corrected chi connectivity index (χ2v) is 6.25. The van der Waals surface area contributed by atoms with Crippen molar-refractivity contribution in [3.8, 4) is 0 Å². The van der Waals surface area contributed by atoms with Crippen LogP contribution in [0.2, 0.25) is 0 Å². The van der Waals surface area contributed by atoms with Crippen LogP contribution >= 0.6 is 24.0 Å². The lowest BCUT2D eigenvalue weighted by Crippen LogP contribution is -2.45. The number of amides is 1. The normalized spacial score (nSPS) is 14.0. The summed E-state index contributed by atoms with van der Waals surface area (Å²) >= 11 is 0. The Morgan fingerprint density at radius 2 is 1.86 bits per heavy atom. The fraction of sp³-hybridized carbons (Fsp3) is 0.238. The highest BCUT2D eigenvalue weighted by molar-refractivity contribution is 14.0. The van der Waals surface area contributed by atoms with Crippen LogP contribution in [0.1, 0.15) is 12.0 Å². The molecule has 0 saturated carbocycles. The summed E-state index contributed by atoms with van der Waals surface area (Å²) < 4.78 is 12.9. The maximum Gasteiger partial charge on any atom is 0.243 e. The van der Waals surface area contributed by atoms with E-state index >= 15 is 0 Å². The lowest BCUT2D eigenvalue weighted by molar-refractivity contribution is -0.115. The molecule has 3 rings (SSSR count). The van der Waals surface area contributed by atoms with Gasteiger partial charge < -0.3 is 15.5 Å². The van der Waals surface area contributed by atoms with Crippen LogP contribution in [-0.2, 0) is 4.79 Å². The predicted octanol–water partition coefficient (Wildman–Crippen LogP) is 3.75. The van der Waals surface area contributed by atoms with Gasteiger partial charge in [0.1, 0.15) is 5.82 Å². The smallest absolute Gasteiger partial charge is 0.243 e. The number of carbonyl (C=O) groups excluding carboxylic acids is 1. The minimum absolute atomic E-state index is 0. The van der Waals surface area contributed by atoms with E-state index in [4.69, 9.17) is 0 Å². The average Bonchev–Trinajstić information content (AvgIpc) is 2.71. The first-order valence-electron chi connectivity index (χ1n) is 8.91. The van der Waals surface area contributed by atoms with E-state index < -0.39 is 0 Å². The summed E-state index contributed by atoms with van der Waals surface area (Å²) in [6, 6.07) is 16.0. The van der Waals surface area contributed by atoms with Gasteiger partial charge in [0.05, 0.1) is 6.54 Å². The molecule has 1 heterocycles. The predicted molar refractivity (Wildman–Crippen MR) is 122 cm³/mol. The highest BCUT2D eigenvalue weighted by Gasteiger charge is 2.16. The van der Waals surface area contributed by atoms with Crippen LogP contribution in [0, 0.1) is 5.82 Å². The maximum atomic E-state index is 12.9. The summed E-state index contributed by atoms with van der Waals surface area (Å²) in [5, 5.41) is 5.81. The fourth-order valence-corrected chi connectivity index (χ4v) is 3.01. The molecule has 0 aliphatic carbocycles. The molecule has 0 atom stereocenters. The first kappa shape index (κ1) is 21.9. The van der Waals surface area contributed by atoms with Gasteiger partial charge in [-0.25, -0.2) is 4.39 Å². The van der Waals surface area contributed by atoms with Crippen molar-refractivity contribution in [3.63, 3.8) is 0 Å². The zero-order valence-electron chi connectivity index (χ0n) is 15.7. The van der Waals surface area contributed by atoms with Crippen molar-refractivity contribution in [3.05, 3.63) is 72.1 Å². The molecular weight excluding hydrogens is 470 g/mol. The summed E-state index contributed by atoms with van der Waals surface area (Å²) in [4.78, 5) is 18.5. The van der Waals surface area contributed by atoms with Crippen LogP contribution in [0.5, 0.6) is 0 Å². The zero-order valence-corrected chi connectivity index (χ0v) is 18.0. The molecule has 1 aliphatic rings. The molecule has 2 aromatic carbocycles. The molecule has 28 heavy (non-hydrogen) atoms. The molecule has 0 radical (unpaired) electrons. The van der Waals surface area contributed by atoms with Crippen molar-refractivity contribution in [1.29, 1.82) is 0 Å². The highest BCUT2D eigenvalue weighted by atomic mass is 127. The number of anilines is 1. The van der Waals surface area contributed by atoms with Gasteiger partial charge in [-0.2, -0.15) is 0 Å². The average molecular weight is 494 g/mol. The quantitative estimate of drug-likeness (QED) is 0.387. The SMILES string of the molecule is CN=C(NCC(=O)Nc1ccc(F)cc1)N1CC=C(c2ccccc2)CC1.I. The molecule has 0 fully saturated rings. The first-order chi connectivity index (χ1) is 13.2. The number of aliphatic imine (C=N–C) groups is 1. The molecule has 1 amide bonds. The van der Waals surface area contributed by atoms with Crippen molar-refractivity contribution < 1.29 is 9.18 Å². The Kier molecular flexibility index (Phi) is 8.43. The molecule has 2 aromatic rings. The van der Waals surface area contributed by atoms with Crippen molar-refractivity contribution in [2.24, 2.45) is 4.99 Å². The van der Waals surface area contributed by atoms with Crippen LogP contribution in [-0.4, -0.2) is 43.4 Å². The van der Waals surface area contributed by atoms with E-state index in [0.29, 0.717) is 11.6 Å². The van der Waals surface area contributed by atoms with Crippen molar-refractivity contribution in [1.82, 2.24) is 10.2 Å². The van der Waals surface area contributed by atoms with Gasteiger partial charge in [-0.3, -0.25) is 9.79 Å². The molecular formula is C21H24FIN4O. The highest BCUT2D eigenvalue weighted by Crippen LogP contribution is 2.21. The van der Waals surface area contributed by atoms with E-state index in [0.717, 1.165) is 19.5 Å². The second kappa shape index (κ2) is 10.8. The molecule has 1 aliphatic heterocycles. The van der Waals surface area contributed by atoms with Gasteiger partial charge in [0, 0.05) is 25.8 Å². The van der Waals surface area contributed by atoms with Gasteiger partial charge in [-0.05, 0) is 41.8 Å². The number of carbonyl (C=O) groups is 1. The van der Waals surface area contributed by atoms with E-state index in [1.165, 1.54) is 35.4 Å². The van der Waals surface area contributed by atoms with E-state index in [2.05, 4.69) is 38.7 Å². The number of rotatable bonds is 4. The Bertz CT molecular complexity index is 837. The minimum atomic E-state index is -0.334. The Morgan fingerprint density at radius 3 is 2.46 bits per heavy atom. The van der Waals surface area contributed by atoms with E-state index in [1.54, 1.807) is 7.05 Å².